The maximum Gasteiger partial charge on any atom is 0.167 e. The van der Waals surface area contributed by atoms with Crippen LogP contribution < -0.4 is 10.6 Å². The number of hydrogen-bond donors (Lipinski definition) is 3. The number of pyridine rings is 1. The summed E-state index contributed by atoms with van der Waals surface area (Å²) in [5, 5.41) is 17.2. The van der Waals surface area contributed by atoms with Crippen molar-refractivity contribution in [1.82, 2.24) is 15.6 Å². The van der Waals surface area contributed by atoms with E-state index in [-0.39, 0.29) is 11.6 Å². The Morgan fingerprint density at radius 3 is 2.45 bits per heavy atom. The molecule has 0 aliphatic rings. The molecule has 5 heteroatoms. The fourth-order valence-corrected chi connectivity index (χ4v) is 2.34. The zero-order chi connectivity index (χ0) is 15.2. The average Bonchev–Trinajstić information content (AvgIpc) is 2.36. The molecule has 0 radical (unpaired) electrons. The molecule has 4 nitrogen and oxygen atoms in total. The molecule has 0 bridgehead atoms. The Kier molecular flexibility index (Phi) is 6.36. The minimum atomic E-state index is -0.442. The van der Waals surface area contributed by atoms with E-state index in [1.807, 2.05) is 19.1 Å². The molecule has 0 amide bonds. The first-order valence-electron chi connectivity index (χ1n) is 6.97. The van der Waals surface area contributed by atoms with Gasteiger partial charge in [0.15, 0.2) is 5.11 Å². The predicted molar refractivity (Wildman–Crippen MR) is 86.6 cm³/mol. The van der Waals surface area contributed by atoms with Gasteiger partial charge in [-0.05, 0) is 63.5 Å². The molecule has 0 fully saturated rings. The minimum absolute atomic E-state index is 0.0948. The average molecular weight is 295 g/mol. The second-order valence-electron chi connectivity index (χ2n) is 5.99. The maximum absolute atomic E-state index is 10.2. The molecule has 0 aliphatic carbocycles. The monoisotopic (exact) mass is 295 g/mol. The van der Waals surface area contributed by atoms with Crippen LogP contribution in [0.3, 0.4) is 0 Å². The van der Waals surface area contributed by atoms with Crippen LogP contribution >= 0.6 is 12.2 Å². The molecule has 2 atom stereocenters. The first-order chi connectivity index (χ1) is 9.31. The van der Waals surface area contributed by atoms with Crippen molar-refractivity contribution in [3.05, 3.63) is 30.1 Å². The highest BCUT2D eigenvalue weighted by Crippen LogP contribution is 2.08. The van der Waals surface area contributed by atoms with Crippen molar-refractivity contribution in [3.8, 4) is 0 Å². The van der Waals surface area contributed by atoms with Crippen LogP contribution in [0.25, 0.3) is 0 Å². The van der Waals surface area contributed by atoms with Gasteiger partial charge in [0, 0.05) is 17.9 Å². The summed E-state index contributed by atoms with van der Waals surface area (Å²) in [4.78, 5) is 4.01. The summed E-state index contributed by atoms with van der Waals surface area (Å²) in [6.07, 6.45) is 4.47. The molecule has 3 N–H and O–H groups in total. The summed E-state index contributed by atoms with van der Waals surface area (Å²) in [7, 11) is 0. The zero-order valence-electron chi connectivity index (χ0n) is 12.7. The van der Waals surface area contributed by atoms with Crippen LogP contribution in [0.2, 0.25) is 0 Å². The van der Waals surface area contributed by atoms with Crippen LogP contribution in [0.4, 0.5) is 0 Å². The van der Waals surface area contributed by atoms with E-state index in [4.69, 9.17) is 12.2 Å². The molecule has 1 heterocycles. The standard InChI is InChI=1S/C15H25N3OS/c1-5-13(19)12(10-11-6-8-16-9-7-11)17-14(20)18-15(2,3)4/h6-9,12-13,19H,5,10H2,1-4H3,(H2,17,18,20). The fourth-order valence-electron chi connectivity index (χ4n) is 1.89. The van der Waals surface area contributed by atoms with E-state index in [1.54, 1.807) is 12.4 Å². The Morgan fingerprint density at radius 1 is 1.35 bits per heavy atom. The summed E-state index contributed by atoms with van der Waals surface area (Å²) < 4.78 is 0. The van der Waals surface area contributed by atoms with Crippen LogP contribution in [0.5, 0.6) is 0 Å². The van der Waals surface area contributed by atoms with Crippen molar-refractivity contribution in [2.45, 2.75) is 58.2 Å². The van der Waals surface area contributed by atoms with Gasteiger partial charge >= 0.3 is 0 Å². The molecule has 0 aliphatic heterocycles. The van der Waals surface area contributed by atoms with E-state index in [1.165, 1.54) is 0 Å². The van der Waals surface area contributed by atoms with Gasteiger partial charge in [0.1, 0.15) is 0 Å². The Bertz CT molecular complexity index is 417. The van der Waals surface area contributed by atoms with Crippen molar-refractivity contribution < 1.29 is 5.11 Å². The molecule has 0 saturated carbocycles. The third-order valence-corrected chi connectivity index (χ3v) is 3.11. The number of aliphatic hydroxyl groups excluding tert-OH is 1. The number of hydrogen-bond acceptors (Lipinski definition) is 3. The molecule has 1 rings (SSSR count). The zero-order valence-corrected chi connectivity index (χ0v) is 13.5. The molecule has 1 aromatic heterocycles. The lowest BCUT2D eigenvalue weighted by Gasteiger charge is -2.29. The van der Waals surface area contributed by atoms with Crippen LogP contribution in [-0.4, -0.2) is 32.9 Å². The molecule has 20 heavy (non-hydrogen) atoms. The third-order valence-electron chi connectivity index (χ3n) is 2.89. The minimum Gasteiger partial charge on any atom is -0.391 e. The van der Waals surface area contributed by atoms with Gasteiger partial charge in [-0.25, -0.2) is 0 Å². The number of nitrogens with zero attached hydrogens (tertiary/aromatic N) is 1. The predicted octanol–water partition coefficient (Wildman–Crippen LogP) is 2.03. The SMILES string of the molecule is CCC(O)C(Cc1ccncc1)NC(=S)NC(C)(C)C. The summed E-state index contributed by atoms with van der Waals surface area (Å²) in [5.41, 5.74) is 1.03. The number of aromatic nitrogens is 1. The van der Waals surface area contributed by atoms with E-state index < -0.39 is 6.10 Å². The smallest absolute Gasteiger partial charge is 0.167 e. The molecule has 0 aromatic carbocycles. The Labute approximate surface area is 127 Å². The van der Waals surface area contributed by atoms with Crippen molar-refractivity contribution in [2.75, 3.05) is 0 Å². The van der Waals surface area contributed by atoms with Gasteiger partial charge in [-0.15, -0.1) is 0 Å². The number of nitrogens with one attached hydrogen (secondary N) is 2. The highest BCUT2D eigenvalue weighted by molar-refractivity contribution is 7.80. The largest absolute Gasteiger partial charge is 0.391 e. The van der Waals surface area contributed by atoms with Crippen LogP contribution in [0, 0.1) is 0 Å². The number of aliphatic hydroxyl groups is 1. The highest BCUT2D eigenvalue weighted by Gasteiger charge is 2.20. The summed E-state index contributed by atoms with van der Waals surface area (Å²) in [6, 6.07) is 3.80. The van der Waals surface area contributed by atoms with Crippen molar-refractivity contribution >= 4 is 17.3 Å². The van der Waals surface area contributed by atoms with Gasteiger partial charge in [-0.1, -0.05) is 6.92 Å². The van der Waals surface area contributed by atoms with E-state index in [9.17, 15) is 5.11 Å². The second-order valence-corrected chi connectivity index (χ2v) is 6.40. The normalized spacial score (nSPS) is 14.4. The second kappa shape index (κ2) is 7.55. The van der Waals surface area contributed by atoms with Crippen LogP contribution in [0.1, 0.15) is 39.7 Å². The number of thiocarbonyl (C=S) groups is 1. The van der Waals surface area contributed by atoms with Gasteiger partial charge in [-0.2, -0.15) is 0 Å². The van der Waals surface area contributed by atoms with E-state index in [2.05, 4.69) is 36.4 Å². The first kappa shape index (κ1) is 16.9. The van der Waals surface area contributed by atoms with Crippen LogP contribution in [0.15, 0.2) is 24.5 Å². The van der Waals surface area contributed by atoms with E-state index in [0.717, 1.165) is 5.56 Å². The summed E-state index contributed by atoms with van der Waals surface area (Å²) in [5.74, 6) is 0. The Morgan fingerprint density at radius 2 is 1.95 bits per heavy atom. The van der Waals surface area contributed by atoms with Crippen molar-refractivity contribution in [3.63, 3.8) is 0 Å². The lowest BCUT2D eigenvalue weighted by Crippen LogP contribution is -2.53. The third kappa shape index (κ3) is 6.30. The van der Waals surface area contributed by atoms with Crippen molar-refractivity contribution in [1.29, 1.82) is 0 Å². The highest BCUT2D eigenvalue weighted by atomic mass is 32.1. The molecule has 0 spiro atoms. The van der Waals surface area contributed by atoms with Gasteiger partial charge in [0.25, 0.3) is 0 Å². The molecular weight excluding hydrogens is 270 g/mol. The lowest BCUT2D eigenvalue weighted by molar-refractivity contribution is 0.131. The Hall–Kier alpha value is -1.20. The fraction of sp³-hybridized carbons (Fsp3) is 0.600. The van der Waals surface area contributed by atoms with E-state index in [0.29, 0.717) is 18.0 Å². The maximum atomic E-state index is 10.2. The van der Waals surface area contributed by atoms with Gasteiger partial charge in [-0.3, -0.25) is 4.98 Å². The topological polar surface area (TPSA) is 57.2 Å². The van der Waals surface area contributed by atoms with E-state index >= 15 is 0 Å². The van der Waals surface area contributed by atoms with Crippen LogP contribution in [-0.2, 0) is 6.42 Å². The molecule has 2 unspecified atom stereocenters. The molecule has 1 aromatic rings. The summed E-state index contributed by atoms with van der Waals surface area (Å²) >= 11 is 5.32. The summed E-state index contributed by atoms with van der Waals surface area (Å²) in [6.45, 7) is 8.12. The molecular formula is C15H25N3OS. The van der Waals surface area contributed by atoms with Gasteiger partial charge in [0.2, 0.25) is 0 Å². The number of rotatable bonds is 5. The lowest BCUT2D eigenvalue weighted by atomic mass is 10.0. The molecule has 0 saturated heterocycles. The quantitative estimate of drug-likeness (QED) is 0.726. The first-order valence-corrected chi connectivity index (χ1v) is 7.38. The van der Waals surface area contributed by atoms with Gasteiger partial charge in [0.05, 0.1) is 12.1 Å². The molecule has 112 valence electrons. The van der Waals surface area contributed by atoms with Crippen molar-refractivity contribution in [2.24, 2.45) is 0 Å². The van der Waals surface area contributed by atoms with Gasteiger partial charge < -0.3 is 15.7 Å². The Balaban J connectivity index is 2.68.